The minimum atomic E-state index is -4.60. The highest BCUT2D eigenvalue weighted by Gasteiger charge is 2.35. The average molecular weight is 290 g/mol. The van der Waals surface area contributed by atoms with Gasteiger partial charge in [-0.15, -0.1) is 0 Å². The molecule has 0 saturated carbocycles. The summed E-state index contributed by atoms with van der Waals surface area (Å²) in [5, 5.41) is 2.98. The summed E-state index contributed by atoms with van der Waals surface area (Å²) in [7, 11) is 0. The molecule has 112 valence electrons. The Hall–Kier alpha value is -1.57. The van der Waals surface area contributed by atoms with Crippen molar-refractivity contribution in [1.82, 2.24) is 9.97 Å². The Balaban J connectivity index is 2.10. The van der Waals surface area contributed by atoms with Crippen LogP contribution in [0.25, 0.3) is 0 Å². The Bertz CT molecular complexity index is 461. The number of anilines is 2. The van der Waals surface area contributed by atoms with E-state index in [-0.39, 0.29) is 17.7 Å². The molecule has 0 aliphatic carbocycles. The molecule has 1 saturated heterocycles. The third kappa shape index (κ3) is 3.72. The second-order valence-electron chi connectivity index (χ2n) is 4.88. The molecule has 1 aliphatic rings. The molecule has 1 aliphatic heterocycles. The molecule has 3 N–H and O–H groups in total. The zero-order chi connectivity index (χ0) is 14.8. The number of rotatable bonds is 3. The van der Waals surface area contributed by atoms with Crippen LogP contribution in [0.3, 0.4) is 0 Å². The lowest BCUT2D eigenvalue weighted by Gasteiger charge is -2.28. The van der Waals surface area contributed by atoms with E-state index in [2.05, 4.69) is 15.3 Å². The molecule has 1 aromatic rings. The monoisotopic (exact) mass is 290 g/mol. The van der Waals surface area contributed by atoms with Crippen molar-refractivity contribution in [2.45, 2.75) is 32.0 Å². The van der Waals surface area contributed by atoms with Crippen LogP contribution in [-0.4, -0.2) is 29.2 Å². The van der Waals surface area contributed by atoms with E-state index in [4.69, 9.17) is 10.5 Å². The van der Waals surface area contributed by atoms with Crippen molar-refractivity contribution in [2.75, 3.05) is 24.3 Å². The summed E-state index contributed by atoms with van der Waals surface area (Å²) in [6, 6.07) is 1.31. The third-order valence-corrected chi connectivity index (χ3v) is 3.35. The number of ether oxygens (including phenoxy) is 1. The molecule has 0 bridgehead atoms. The van der Waals surface area contributed by atoms with Gasteiger partial charge in [-0.1, -0.05) is 0 Å². The van der Waals surface area contributed by atoms with Crippen LogP contribution in [0.2, 0.25) is 0 Å². The number of hydrogen-bond acceptors (Lipinski definition) is 5. The first kappa shape index (κ1) is 14.8. The van der Waals surface area contributed by atoms with Gasteiger partial charge in [0.05, 0.1) is 0 Å². The van der Waals surface area contributed by atoms with E-state index >= 15 is 0 Å². The second kappa shape index (κ2) is 5.82. The molecule has 0 amide bonds. The fraction of sp³-hybridized carbons (Fsp3) is 0.667. The largest absolute Gasteiger partial charge is 0.451 e. The standard InChI is InChI=1S/C12H17F3N4O/c1-7(8-2-4-20-5-3-8)17-10-6-9(16)18-11(19-10)12(13,14)15/h6-8H,2-5H2,1H3,(H3,16,17,18,19). The van der Waals surface area contributed by atoms with Crippen LogP contribution >= 0.6 is 0 Å². The molecule has 0 aromatic carbocycles. The molecule has 1 fully saturated rings. The number of hydrogen-bond donors (Lipinski definition) is 2. The first-order chi connectivity index (χ1) is 9.36. The summed E-state index contributed by atoms with van der Waals surface area (Å²) < 4.78 is 43.1. The van der Waals surface area contributed by atoms with E-state index in [0.717, 1.165) is 12.8 Å². The van der Waals surface area contributed by atoms with Crippen LogP contribution in [0, 0.1) is 5.92 Å². The van der Waals surface area contributed by atoms with Gasteiger partial charge in [0.2, 0.25) is 5.82 Å². The number of nitrogen functional groups attached to an aromatic ring is 1. The molecular weight excluding hydrogens is 273 g/mol. The van der Waals surface area contributed by atoms with E-state index < -0.39 is 12.0 Å². The maximum atomic E-state index is 12.6. The normalized spacial score (nSPS) is 18.8. The molecule has 0 spiro atoms. The topological polar surface area (TPSA) is 73.1 Å². The number of aromatic nitrogens is 2. The van der Waals surface area contributed by atoms with Crippen LogP contribution in [0.4, 0.5) is 24.8 Å². The van der Waals surface area contributed by atoms with Crippen molar-refractivity contribution >= 4 is 11.6 Å². The first-order valence-corrected chi connectivity index (χ1v) is 6.42. The highest BCUT2D eigenvalue weighted by atomic mass is 19.4. The number of alkyl halides is 3. The molecular formula is C12H17F3N4O. The molecule has 2 heterocycles. The third-order valence-electron chi connectivity index (χ3n) is 3.35. The summed E-state index contributed by atoms with van der Waals surface area (Å²) in [5.74, 6) is -0.980. The second-order valence-corrected chi connectivity index (χ2v) is 4.88. The van der Waals surface area contributed by atoms with Gasteiger partial charge in [0.15, 0.2) is 0 Å². The maximum Gasteiger partial charge on any atom is 0.451 e. The minimum Gasteiger partial charge on any atom is -0.384 e. The summed E-state index contributed by atoms with van der Waals surface area (Å²) in [6.45, 7) is 3.27. The van der Waals surface area contributed by atoms with Gasteiger partial charge in [-0.2, -0.15) is 13.2 Å². The van der Waals surface area contributed by atoms with E-state index in [1.54, 1.807) is 0 Å². The van der Waals surface area contributed by atoms with Gasteiger partial charge >= 0.3 is 6.18 Å². The fourth-order valence-electron chi connectivity index (χ4n) is 2.23. The molecule has 5 nitrogen and oxygen atoms in total. The van der Waals surface area contributed by atoms with Gasteiger partial charge in [-0.25, -0.2) is 9.97 Å². The van der Waals surface area contributed by atoms with E-state index in [0.29, 0.717) is 19.1 Å². The van der Waals surface area contributed by atoms with Crippen molar-refractivity contribution in [2.24, 2.45) is 5.92 Å². The highest BCUT2D eigenvalue weighted by molar-refractivity contribution is 5.45. The van der Waals surface area contributed by atoms with Crippen molar-refractivity contribution < 1.29 is 17.9 Å². The summed E-state index contributed by atoms with van der Waals surface area (Å²) in [4.78, 5) is 6.69. The quantitative estimate of drug-likeness (QED) is 0.893. The van der Waals surface area contributed by atoms with Crippen LogP contribution < -0.4 is 11.1 Å². The number of nitrogens with two attached hydrogens (primary N) is 1. The predicted molar refractivity (Wildman–Crippen MR) is 68.1 cm³/mol. The molecule has 20 heavy (non-hydrogen) atoms. The zero-order valence-electron chi connectivity index (χ0n) is 11.1. The van der Waals surface area contributed by atoms with Crippen molar-refractivity contribution in [3.8, 4) is 0 Å². The zero-order valence-corrected chi connectivity index (χ0v) is 11.1. The Morgan fingerprint density at radius 2 is 2.00 bits per heavy atom. The van der Waals surface area contributed by atoms with E-state index in [9.17, 15) is 13.2 Å². The molecule has 1 aromatic heterocycles. The minimum absolute atomic E-state index is 0.00529. The summed E-state index contributed by atoms with van der Waals surface area (Å²) >= 11 is 0. The molecule has 1 atom stereocenters. The van der Waals surface area contributed by atoms with Gasteiger partial charge in [-0.05, 0) is 25.7 Å². The molecule has 0 radical (unpaired) electrons. The molecule has 2 rings (SSSR count). The number of nitrogens with one attached hydrogen (secondary N) is 1. The Kier molecular flexibility index (Phi) is 4.32. The average Bonchev–Trinajstić information content (AvgIpc) is 2.38. The lowest BCUT2D eigenvalue weighted by Crippen LogP contribution is -2.31. The predicted octanol–water partition coefficient (Wildman–Crippen LogP) is 2.30. The summed E-state index contributed by atoms with van der Waals surface area (Å²) in [5.41, 5.74) is 5.40. The SMILES string of the molecule is CC(Nc1cc(N)nc(C(F)(F)F)n1)C1CCOCC1. The van der Waals surface area contributed by atoms with Gasteiger partial charge in [0.25, 0.3) is 0 Å². The van der Waals surface area contributed by atoms with Crippen molar-refractivity contribution in [3.05, 3.63) is 11.9 Å². The number of halogens is 3. The maximum absolute atomic E-state index is 12.6. The molecule has 8 heteroatoms. The van der Waals surface area contributed by atoms with Crippen LogP contribution in [-0.2, 0) is 10.9 Å². The van der Waals surface area contributed by atoms with Gasteiger partial charge in [0, 0.05) is 25.3 Å². The van der Waals surface area contributed by atoms with Crippen molar-refractivity contribution in [1.29, 1.82) is 0 Å². The van der Waals surface area contributed by atoms with Crippen LogP contribution in [0.1, 0.15) is 25.6 Å². The Morgan fingerprint density at radius 1 is 1.35 bits per heavy atom. The fourth-order valence-corrected chi connectivity index (χ4v) is 2.23. The first-order valence-electron chi connectivity index (χ1n) is 6.42. The Labute approximate surface area is 114 Å². The smallest absolute Gasteiger partial charge is 0.384 e. The van der Waals surface area contributed by atoms with E-state index in [1.807, 2.05) is 6.92 Å². The van der Waals surface area contributed by atoms with E-state index in [1.165, 1.54) is 6.07 Å². The lowest BCUT2D eigenvalue weighted by atomic mass is 9.93. The van der Waals surface area contributed by atoms with Gasteiger partial charge < -0.3 is 15.8 Å². The van der Waals surface area contributed by atoms with Crippen LogP contribution in [0.5, 0.6) is 0 Å². The van der Waals surface area contributed by atoms with Gasteiger partial charge in [0.1, 0.15) is 11.6 Å². The lowest BCUT2D eigenvalue weighted by molar-refractivity contribution is -0.144. The summed E-state index contributed by atoms with van der Waals surface area (Å²) in [6.07, 6.45) is -2.85. The van der Waals surface area contributed by atoms with Crippen molar-refractivity contribution in [3.63, 3.8) is 0 Å². The van der Waals surface area contributed by atoms with Gasteiger partial charge in [-0.3, -0.25) is 0 Å². The van der Waals surface area contributed by atoms with Crippen LogP contribution in [0.15, 0.2) is 6.07 Å². The number of nitrogens with zero attached hydrogens (tertiary/aromatic N) is 2. The highest BCUT2D eigenvalue weighted by Crippen LogP contribution is 2.28. The Morgan fingerprint density at radius 3 is 2.60 bits per heavy atom. The molecule has 1 unspecified atom stereocenters.